The van der Waals surface area contributed by atoms with Gasteiger partial charge in [0.2, 0.25) is 0 Å². The molecule has 0 fully saturated rings. The number of hydrogen-bond acceptors (Lipinski definition) is 3. The topological polar surface area (TPSA) is 31.4 Å². The lowest BCUT2D eigenvalue weighted by Gasteiger charge is -2.09. The van der Waals surface area contributed by atoms with Crippen LogP contribution in [0.15, 0.2) is 42.6 Å². The van der Waals surface area contributed by atoms with Crippen molar-refractivity contribution >= 4 is 11.6 Å². The zero-order valence-electron chi connectivity index (χ0n) is 8.68. The van der Waals surface area contributed by atoms with Crippen molar-refractivity contribution in [2.24, 2.45) is 0 Å². The summed E-state index contributed by atoms with van der Waals surface area (Å²) in [4.78, 5) is 4.01. The molecular formula is C12H10ClNO2. The van der Waals surface area contributed by atoms with E-state index in [4.69, 9.17) is 21.1 Å². The molecule has 2 aromatic rings. The highest BCUT2D eigenvalue weighted by atomic mass is 35.5. The molecule has 0 amide bonds. The van der Waals surface area contributed by atoms with Crippen LogP contribution in [0.1, 0.15) is 0 Å². The van der Waals surface area contributed by atoms with Crippen LogP contribution in [-0.2, 0) is 0 Å². The molecule has 1 aromatic carbocycles. The second kappa shape index (κ2) is 4.86. The Morgan fingerprint density at radius 1 is 1.19 bits per heavy atom. The van der Waals surface area contributed by atoms with Crippen molar-refractivity contribution in [3.8, 4) is 17.4 Å². The summed E-state index contributed by atoms with van der Waals surface area (Å²) in [6.45, 7) is 0. The van der Waals surface area contributed by atoms with E-state index < -0.39 is 0 Å². The molecular weight excluding hydrogens is 226 g/mol. The summed E-state index contributed by atoms with van der Waals surface area (Å²) >= 11 is 5.84. The smallest absolute Gasteiger partial charge is 0.257 e. The van der Waals surface area contributed by atoms with E-state index in [2.05, 4.69) is 4.98 Å². The van der Waals surface area contributed by atoms with Gasteiger partial charge in [-0.25, -0.2) is 4.98 Å². The molecule has 4 heteroatoms. The zero-order valence-corrected chi connectivity index (χ0v) is 9.44. The van der Waals surface area contributed by atoms with Crippen molar-refractivity contribution in [2.75, 3.05) is 7.11 Å². The van der Waals surface area contributed by atoms with Gasteiger partial charge in [-0.05, 0) is 12.1 Å². The minimum atomic E-state index is 0.410. The first-order valence-electron chi connectivity index (χ1n) is 4.72. The molecule has 0 saturated carbocycles. The molecule has 0 unspecified atom stereocenters. The monoisotopic (exact) mass is 235 g/mol. The van der Waals surface area contributed by atoms with E-state index in [0.29, 0.717) is 22.4 Å². The SMILES string of the molecule is COc1ncc(Cl)cc1Oc1ccccc1. The summed E-state index contributed by atoms with van der Waals surface area (Å²) in [6, 6.07) is 11.1. The molecule has 0 aliphatic heterocycles. The predicted molar refractivity (Wildman–Crippen MR) is 62.3 cm³/mol. The van der Waals surface area contributed by atoms with Crippen LogP contribution in [0.2, 0.25) is 5.02 Å². The molecule has 82 valence electrons. The van der Waals surface area contributed by atoms with Gasteiger partial charge in [0.15, 0.2) is 5.75 Å². The summed E-state index contributed by atoms with van der Waals surface area (Å²) in [5.41, 5.74) is 0. The van der Waals surface area contributed by atoms with Crippen LogP contribution in [0.25, 0.3) is 0 Å². The minimum Gasteiger partial charge on any atom is -0.478 e. The second-order valence-electron chi connectivity index (χ2n) is 3.08. The van der Waals surface area contributed by atoms with Crippen molar-refractivity contribution in [1.82, 2.24) is 4.98 Å². The maximum atomic E-state index is 5.84. The van der Waals surface area contributed by atoms with Gasteiger partial charge in [-0.15, -0.1) is 0 Å². The van der Waals surface area contributed by atoms with Crippen LogP contribution in [0, 0.1) is 0 Å². The molecule has 0 bridgehead atoms. The zero-order chi connectivity index (χ0) is 11.4. The van der Waals surface area contributed by atoms with Crippen molar-refractivity contribution < 1.29 is 9.47 Å². The first-order valence-corrected chi connectivity index (χ1v) is 5.10. The second-order valence-corrected chi connectivity index (χ2v) is 3.51. The summed E-state index contributed by atoms with van der Waals surface area (Å²) < 4.78 is 10.7. The molecule has 0 spiro atoms. The van der Waals surface area contributed by atoms with Crippen LogP contribution in [-0.4, -0.2) is 12.1 Å². The van der Waals surface area contributed by atoms with Gasteiger partial charge in [-0.1, -0.05) is 29.8 Å². The first kappa shape index (κ1) is 10.8. The Balaban J connectivity index is 2.30. The number of halogens is 1. The molecule has 3 nitrogen and oxygen atoms in total. The fourth-order valence-electron chi connectivity index (χ4n) is 1.25. The maximum absolute atomic E-state index is 5.84. The van der Waals surface area contributed by atoms with Gasteiger partial charge in [0.25, 0.3) is 5.88 Å². The third kappa shape index (κ3) is 2.44. The van der Waals surface area contributed by atoms with E-state index in [1.807, 2.05) is 30.3 Å². The molecule has 0 saturated heterocycles. The Morgan fingerprint density at radius 3 is 2.62 bits per heavy atom. The quantitative estimate of drug-likeness (QED) is 0.816. The third-order valence-corrected chi connectivity index (χ3v) is 2.16. The van der Waals surface area contributed by atoms with Gasteiger partial charge in [0, 0.05) is 12.3 Å². The lowest BCUT2D eigenvalue weighted by atomic mass is 10.3. The summed E-state index contributed by atoms with van der Waals surface area (Å²) in [5, 5.41) is 0.506. The first-order chi connectivity index (χ1) is 7.79. The Bertz CT molecular complexity index is 474. The van der Waals surface area contributed by atoms with E-state index in [9.17, 15) is 0 Å². The fraction of sp³-hybridized carbons (Fsp3) is 0.0833. The average molecular weight is 236 g/mol. The van der Waals surface area contributed by atoms with Gasteiger partial charge in [0.1, 0.15) is 5.75 Å². The van der Waals surface area contributed by atoms with Gasteiger partial charge in [-0.3, -0.25) is 0 Å². The van der Waals surface area contributed by atoms with E-state index in [0.717, 1.165) is 0 Å². The number of nitrogens with zero attached hydrogens (tertiary/aromatic N) is 1. The van der Waals surface area contributed by atoms with E-state index in [1.165, 1.54) is 13.3 Å². The van der Waals surface area contributed by atoms with Gasteiger partial charge >= 0.3 is 0 Å². The maximum Gasteiger partial charge on any atom is 0.257 e. The molecule has 0 N–H and O–H groups in total. The molecule has 2 rings (SSSR count). The van der Waals surface area contributed by atoms with Crippen molar-refractivity contribution in [3.05, 3.63) is 47.6 Å². The van der Waals surface area contributed by atoms with Crippen LogP contribution in [0.3, 0.4) is 0 Å². The average Bonchev–Trinajstić information content (AvgIpc) is 2.31. The van der Waals surface area contributed by atoms with Crippen LogP contribution in [0.4, 0.5) is 0 Å². The number of para-hydroxylation sites is 1. The fourth-order valence-corrected chi connectivity index (χ4v) is 1.40. The molecule has 0 atom stereocenters. The Morgan fingerprint density at radius 2 is 1.94 bits per heavy atom. The van der Waals surface area contributed by atoms with Crippen molar-refractivity contribution in [3.63, 3.8) is 0 Å². The lowest BCUT2D eigenvalue weighted by Crippen LogP contribution is -1.92. The number of rotatable bonds is 3. The Hall–Kier alpha value is -1.74. The highest BCUT2D eigenvalue weighted by Gasteiger charge is 2.07. The Kier molecular flexibility index (Phi) is 3.27. The van der Waals surface area contributed by atoms with Gasteiger partial charge < -0.3 is 9.47 Å². The molecule has 0 radical (unpaired) electrons. The Labute approximate surface area is 98.6 Å². The number of methoxy groups -OCH3 is 1. The normalized spacial score (nSPS) is 9.88. The molecule has 1 aromatic heterocycles. The predicted octanol–water partition coefficient (Wildman–Crippen LogP) is 3.54. The summed E-state index contributed by atoms with van der Waals surface area (Å²) in [7, 11) is 1.54. The van der Waals surface area contributed by atoms with E-state index in [1.54, 1.807) is 6.07 Å². The standard InChI is InChI=1S/C12H10ClNO2/c1-15-12-11(7-9(13)8-14-12)16-10-5-3-2-4-6-10/h2-8H,1H3. The highest BCUT2D eigenvalue weighted by molar-refractivity contribution is 6.30. The molecule has 0 aliphatic carbocycles. The minimum absolute atomic E-state index is 0.410. The van der Waals surface area contributed by atoms with Crippen LogP contribution < -0.4 is 9.47 Å². The lowest BCUT2D eigenvalue weighted by molar-refractivity contribution is 0.364. The van der Waals surface area contributed by atoms with Gasteiger partial charge in [0.05, 0.1) is 12.1 Å². The third-order valence-electron chi connectivity index (χ3n) is 1.95. The summed E-state index contributed by atoms with van der Waals surface area (Å²) in [5.74, 6) is 1.62. The number of pyridine rings is 1. The van der Waals surface area contributed by atoms with Crippen LogP contribution in [0.5, 0.6) is 17.4 Å². The molecule has 16 heavy (non-hydrogen) atoms. The number of ether oxygens (including phenoxy) is 2. The number of aromatic nitrogens is 1. The van der Waals surface area contributed by atoms with Crippen molar-refractivity contribution in [1.29, 1.82) is 0 Å². The van der Waals surface area contributed by atoms with E-state index in [-0.39, 0.29) is 0 Å². The number of hydrogen-bond donors (Lipinski definition) is 0. The molecule has 0 aliphatic rings. The molecule has 1 heterocycles. The van der Waals surface area contributed by atoms with Gasteiger partial charge in [-0.2, -0.15) is 0 Å². The highest BCUT2D eigenvalue weighted by Crippen LogP contribution is 2.31. The largest absolute Gasteiger partial charge is 0.478 e. The van der Waals surface area contributed by atoms with Crippen molar-refractivity contribution in [2.45, 2.75) is 0 Å². The van der Waals surface area contributed by atoms with E-state index >= 15 is 0 Å². The summed E-state index contributed by atoms with van der Waals surface area (Å²) in [6.07, 6.45) is 1.51. The van der Waals surface area contributed by atoms with Crippen LogP contribution >= 0.6 is 11.6 Å². The number of benzene rings is 1.